The molecule has 0 saturated carbocycles. The topological polar surface area (TPSA) is 17.1 Å². The van der Waals surface area contributed by atoms with E-state index in [1.54, 1.807) is 6.26 Å². The molecular formula is C34H36I2OS2. The van der Waals surface area contributed by atoms with Crippen LogP contribution in [-0.4, -0.2) is 10.5 Å². The fourth-order valence-electron chi connectivity index (χ4n) is 3.86. The molecule has 1 aromatic heterocycles. The Morgan fingerprint density at radius 1 is 0.692 bits per heavy atom. The van der Waals surface area contributed by atoms with Gasteiger partial charge in [0.1, 0.15) is 0 Å². The lowest BCUT2D eigenvalue weighted by atomic mass is 10.1. The molecule has 0 aliphatic carbocycles. The van der Waals surface area contributed by atoms with Crippen LogP contribution < -0.4 is 0 Å². The third-order valence-corrected chi connectivity index (χ3v) is 8.15. The zero-order chi connectivity index (χ0) is 27.7. The minimum Gasteiger partial charge on any atom is -0.255 e. The summed E-state index contributed by atoms with van der Waals surface area (Å²) in [5.41, 5.74) is 8.49. The van der Waals surface area contributed by atoms with Crippen molar-refractivity contribution in [2.24, 2.45) is 0 Å². The van der Waals surface area contributed by atoms with E-state index in [4.69, 9.17) is 0 Å². The monoisotopic (exact) mass is 778 g/mol. The smallest absolute Gasteiger partial charge is 0.0504 e. The van der Waals surface area contributed by atoms with Gasteiger partial charge in [0.2, 0.25) is 0 Å². The molecule has 0 bridgehead atoms. The highest BCUT2D eigenvalue weighted by Crippen LogP contribution is 2.34. The first-order chi connectivity index (χ1) is 18.3. The summed E-state index contributed by atoms with van der Waals surface area (Å²) < 4.78 is 13.3. The van der Waals surface area contributed by atoms with E-state index in [0.29, 0.717) is 0 Å². The average Bonchev–Trinajstić information content (AvgIpc) is 3.34. The predicted octanol–water partition coefficient (Wildman–Crippen LogP) is 11.8. The maximum Gasteiger partial charge on any atom is 0.0504 e. The van der Waals surface area contributed by atoms with Crippen molar-refractivity contribution in [1.82, 2.24) is 0 Å². The Morgan fingerprint density at radius 2 is 1.18 bits per heavy atom. The van der Waals surface area contributed by atoms with Gasteiger partial charge >= 0.3 is 0 Å². The van der Waals surface area contributed by atoms with Crippen molar-refractivity contribution >= 4 is 80.4 Å². The largest absolute Gasteiger partial charge is 0.255 e. The lowest BCUT2D eigenvalue weighted by Gasteiger charge is -2.06. The van der Waals surface area contributed by atoms with Crippen LogP contribution in [0.3, 0.4) is 0 Å². The molecule has 0 spiro atoms. The van der Waals surface area contributed by atoms with E-state index in [0.717, 1.165) is 16.0 Å². The Hall–Kier alpha value is -1.81. The second-order valence-corrected chi connectivity index (χ2v) is 11.7. The zero-order valence-electron chi connectivity index (χ0n) is 22.3. The summed E-state index contributed by atoms with van der Waals surface area (Å²) in [6, 6.07) is 34.1. The Balaban J connectivity index is 0.000000252. The van der Waals surface area contributed by atoms with Crippen molar-refractivity contribution in [1.29, 1.82) is 0 Å². The highest BCUT2D eigenvalue weighted by molar-refractivity contribution is 15.0. The fraction of sp³-hybridized carbons (Fsp3) is 0.176. The molecule has 1 nitrogen and oxygen atoms in total. The Kier molecular flexibility index (Phi) is 14.1. The number of aryl methyl sites for hydroxylation is 4. The van der Waals surface area contributed by atoms with E-state index in [-0.39, 0.29) is 7.43 Å². The Morgan fingerprint density at radius 3 is 1.72 bits per heavy atom. The fourth-order valence-corrected chi connectivity index (χ4v) is 5.80. The van der Waals surface area contributed by atoms with Crippen molar-refractivity contribution in [3.05, 3.63) is 130 Å². The SMILES string of the molecule is C.Cc1ccc(-c2cc3ccc(C)cc3s2)cc1.Cc1ccc(C=C(c2ccc(C)cc2)S(C)=O)cc1.II. The lowest BCUT2D eigenvalue weighted by molar-refractivity contribution is 0.692. The molecule has 0 fully saturated rings. The van der Waals surface area contributed by atoms with Gasteiger partial charge in [0, 0.05) is 58.0 Å². The first-order valence-electron chi connectivity index (χ1n) is 12.2. The molecule has 0 saturated heterocycles. The van der Waals surface area contributed by atoms with Crippen LogP contribution in [0.25, 0.3) is 31.5 Å². The molecule has 5 heteroatoms. The molecule has 204 valence electrons. The molecule has 0 aliphatic rings. The molecule has 39 heavy (non-hydrogen) atoms. The average molecular weight is 779 g/mol. The van der Waals surface area contributed by atoms with Crippen LogP contribution in [-0.2, 0) is 10.8 Å². The van der Waals surface area contributed by atoms with Gasteiger partial charge in [-0.2, -0.15) is 0 Å². The minimum atomic E-state index is -1.01. The third-order valence-electron chi connectivity index (χ3n) is 6.03. The number of halogens is 2. The number of thiophene rings is 1. The molecule has 0 N–H and O–H groups in total. The van der Waals surface area contributed by atoms with E-state index in [1.165, 1.54) is 42.8 Å². The van der Waals surface area contributed by atoms with Crippen LogP contribution >= 0.6 is 48.6 Å². The summed E-state index contributed by atoms with van der Waals surface area (Å²) in [5, 5.41) is 1.34. The van der Waals surface area contributed by atoms with Gasteiger partial charge in [-0.25, -0.2) is 0 Å². The summed E-state index contributed by atoms with van der Waals surface area (Å²) in [7, 11) is -1.01. The summed E-state index contributed by atoms with van der Waals surface area (Å²) in [4.78, 5) is 2.22. The third kappa shape index (κ3) is 9.95. The Labute approximate surface area is 264 Å². The maximum absolute atomic E-state index is 11.9. The van der Waals surface area contributed by atoms with Crippen molar-refractivity contribution in [2.75, 3.05) is 6.26 Å². The van der Waals surface area contributed by atoms with Crippen LogP contribution in [0.2, 0.25) is 0 Å². The van der Waals surface area contributed by atoms with Crippen LogP contribution in [0.15, 0.2) is 97.1 Å². The number of hydrogen-bond acceptors (Lipinski definition) is 2. The molecule has 0 aliphatic heterocycles. The summed E-state index contributed by atoms with van der Waals surface area (Å²) in [5.74, 6) is 0. The van der Waals surface area contributed by atoms with Crippen molar-refractivity contribution in [3.63, 3.8) is 0 Å². The molecule has 0 amide bonds. The number of benzene rings is 4. The number of hydrogen-bond donors (Lipinski definition) is 0. The summed E-state index contributed by atoms with van der Waals surface area (Å²) >= 11 is 6.11. The van der Waals surface area contributed by atoms with E-state index >= 15 is 0 Å². The standard InChI is InChI=1S/C17H18OS.C16H14S.CH4.I2/c1-13-4-8-15(9-5-13)12-17(19(3)18)16-10-6-14(2)7-11-16;1-11-3-6-13(7-4-11)16-10-14-8-5-12(2)9-15(14)17-16;;1-2/h4-12H,1-3H3;3-10H,1-2H3;1H4;. The highest BCUT2D eigenvalue weighted by Gasteiger charge is 2.06. The molecule has 1 atom stereocenters. The first-order valence-corrected chi connectivity index (χ1v) is 20.8. The van der Waals surface area contributed by atoms with Gasteiger partial charge in [0.05, 0.1) is 10.8 Å². The first kappa shape index (κ1) is 33.4. The van der Waals surface area contributed by atoms with Crippen molar-refractivity contribution in [2.45, 2.75) is 35.1 Å². The van der Waals surface area contributed by atoms with Crippen LogP contribution in [0.4, 0.5) is 0 Å². The van der Waals surface area contributed by atoms with Gasteiger partial charge < -0.3 is 0 Å². The van der Waals surface area contributed by atoms with Gasteiger partial charge in [-0.15, -0.1) is 11.3 Å². The van der Waals surface area contributed by atoms with Crippen LogP contribution in [0.1, 0.15) is 40.8 Å². The van der Waals surface area contributed by atoms with Crippen LogP contribution in [0, 0.1) is 27.7 Å². The predicted molar refractivity (Wildman–Crippen MR) is 196 cm³/mol. The molecule has 1 heterocycles. The van der Waals surface area contributed by atoms with Crippen molar-refractivity contribution in [3.8, 4) is 10.4 Å². The van der Waals surface area contributed by atoms with Gasteiger partial charge in [-0.1, -0.05) is 109 Å². The highest BCUT2D eigenvalue weighted by atomic mass is 128. The van der Waals surface area contributed by atoms with Gasteiger partial charge in [-0.05, 0) is 73.5 Å². The van der Waals surface area contributed by atoms with E-state index in [9.17, 15) is 4.21 Å². The lowest BCUT2D eigenvalue weighted by Crippen LogP contribution is -1.92. The normalized spacial score (nSPS) is 11.4. The van der Waals surface area contributed by atoms with E-state index < -0.39 is 10.8 Å². The Bertz CT molecular complexity index is 1520. The minimum absolute atomic E-state index is 0. The number of fused-ring (bicyclic) bond motifs is 1. The number of rotatable bonds is 4. The van der Waals surface area contributed by atoms with Gasteiger partial charge in [-0.3, -0.25) is 4.21 Å². The van der Waals surface area contributed by atoms with Gasteiger partial charge in [0.25, 0.3) is 0 Å². The quantitative estimate of drug-likeness (QED) is 0.131. The molecule has 4 aromatic carbocycles. The van der Waals surface area contributed by atoms with E-state index in [1.807, 2.05) is 41.7 Å². The molecule has 5 rings (SSSR count). The summed E-state index contributed by atoms with van der Waals surface area (Å²) in [6.45, 7) is 8.38. The molecule has 0 radical (unpaired) electrons. The molecule has 1 unspecified atom stereocenters. The molecular weight excluding hydrogens is 742 g/mol. The van der Waals surface area contributed by atoms with Crippen molar-refractivity contribution < 1.29 is 4.21 Å². The van der Waals surface area contributed by atoms with Gasteiger partial charge in [0.15, 0.2) is 0 Å². The van der Waals surface area contributed by atoms with Crippen LogP contribution in [0.5, 0.6) is 0 Å². The molecule has 5 aromatic rings. The second-order valence-electron chi connectivity index (χ2n) is 9.26. The summed E-state index contributed by atoms with van der Waals surface area (Å²) in [6.07, 6.45) is 3.72. The zero-order valence-corrected chi connectivity index (χ0v) is 28.2. The van der Waals surface area contributed by atoms with E-state index in [2.05, 4.69) is 138 Å². The second kappa shape index (κ2) is 16.5. The maximum atomic E-state index is 11.9.